The predicted molar refractivity (Wildman–Crippen MR) is 79.1 cm³/mol. The lowest BCUT2D eigenvalue weighted by Crippen LogP contribution is -2.19. The van der Waals surface area contributed by atoms with Crippen LogP contribution in [0.2, 0.25) is 0 Å². The van der Waals surface area contributed by atoms with Gasteiger partial charge in [-0.3, -0.25) is 4.79 Å². The van der Waals surface area contributed by atoms with Crippen molar-refractivity contribution in [3.05, 3.63) is 21.5 Å². The van der Waals surface area contributed by atoms with Crippen LogP contribution in [0.15, 0.2) is 12.3 Å². The SMILES string of the molecule is CC(=O)c1nn(C2CCCCO2)c2ncc(I)cc12. The van der Waals surface area contributed by atoms with Gasteiger partial charge >= 0.3 is 0 Å². The Labute approximate surface area is 124 Å². The molecular formula is C13H14IN3O2. The van der Waals surface area contributed by atoms with E-state index in [1.807, 2.05) is 6.07 Å². The van der Waals surface area contributed by atoms with Crippen molar-refractivity contribution in [1.29, 1.82) is 0 Å². The van der Waals surface area contributed by atoms with Crippen LogP contribution < -0.4 is 0 Å². The van der Waals surface area contributed by atoms with Gasteiger partial charge < -0.3 is 4.74 Å². The second-order valence-electron chi connectivity index (χ2n) is 4.70. The maximum atomic E-state index is 11.7. The third-order valence-electron chi connectivity index (χ3n) is 3.28. The molecule has 0 N–H and O–H groups in total. The number of ether oxygens (including phenoxy) is 1. The van der Waals surface area contributed by atoms with Crippen LogP contribution >= 0.6 is 22.6 Å². The lowest BCUT2D eigenvalue weighted by atomic mass is 10.2. The summed E-state index contributed by atoms with van der Waals surface area (Å²) in [7, 11) is 0. The van der Waals surface area contributed by atoms with E-state index in [9.17, 15) is 4.79 Å². The minimum atomic E-state index is -0.100. The number of Topliss-reactive ketones (excluding diaryl/α,β-unsaturated/α-hetero) is 1. The van der Waals surface area contributed by atoms with Crippen LogP contribution in [0.1, 0.15) is 42.9 Å². The molecule has 0 spiro atoms. The van der Waals surface area contributed by atoms with Gasteiger partial charge in [0.15, 0.2) is 17.7 Å². The van der Waals surface area contributed by atoms with Gasteiger partial charge in [0.1, 0.15) is 5.69 Å². The Morgan fingerprint density at radius 2 is 2.37 bits per heavy atom. The topological polar surface area (TPSA) is 57.0 Å². The van der Waals surface area contributed by atoms with Crippen molar-refractivity contribution in [2.24, 2.45) is 0 Å². The van der Waals surface area contributed by atoms with Gasteiger partial charge in [-0.15, -0.1) is 0 Å². The van der Waals surface area contributed by atoms with E-state index < -0.39 is 0 Å². The zero-order valence-electron chi connectivity index (χ0n) is 10.6. The highest BCUT2D eigenvalue weighted by Gasteiger charge is 2.23. The number of hydrogen-bond acceptors (Lipinski definition) is 4. The predicted octanol–water partition coefficient (Wildman–Crippen LogP) is 2.94. The number of pyridine rings is 1. The zero-order valence-corrected chi connectivity index (χ0v) is 12.8. The number of nitrogens with zero attached hydrogens (tertiary/aromatic N) is 3. The van der Waals surface area contributed by atoms with Crippen LogP contribution in [-0.2, 0) is 4.74 Å². The molecule has 1 atom stereocenters. The van der Waals surface area contributed by atoms with Gasteiger partial charge in [-0.2, -0.15) is 5.10 Å². The Bertz CT molecular complexity index is 632. The third kappa shape index (κ3) is 2.38. The quantitative estimate of drug-likeness (QED) is 0.602. The minimum absolute atomic E-state index is 0.0386. The van der Waals surface area contributed by atoms with Crippen LogP contribution in [0.3, 0.4) is 0 Å². The summed E-state index contributed by atoms with van der Waals surface area (Å²) >= 11 is 2.19. The Hall–Kier alpha value is -1.02. The molecule has 1 fully saturated rings. The maximum absolute atomic E-state index is 11.7. The highest BCUT2D eigenvalue weighted by Crippen LogP contribution is 2.27. The first-order chi connectivity index (χ1) is 9.16. The molecule has 2 aromatic rings. The largest absolute Gasteiger partial charge is 0.356 e. The average Bonchev–Trinajstić information content (AvgIpc) is 2.78. The third-order valence-corrected chi connectivity index (χ3v) is 3.87. The number of halogens is 1. The van der Waals surface area contributed by atoms with Crippen molar-refractivity contribution in [2.75, 3.05) is 6.61 Å². The van der Waals surface area contributed by atoms with E-state index in [1.165, 1.54) is 6.92 Å². The monoisotopic (exact) mass is 371 g/mol. The number of carbonyl (C=O) groups excluding carboxylic acids is 1. The van der Waals surface area contributed by atoms with Gasteiger partial charge in [-0.05, 0) is 47.9 Å². The molecule has 6 heteroatoms. The van der Waals surface area contributed by atoms with Gasteiger partial charge in [0, 0.05) is 23.3 Å². The number of rotatable bonds is 2. The summed E-state index contributed by atoms with van der Waals surface area (Å²) in [5.41, 5.74) is 1.22. The van der Waals surface area contributed by atoms with E-state index in [2.05, 4.69) is 32.7 Å². The number of carbonyl (C=O) groups is 1. The lowest BCUT2D eigenvalue weighted by molar-refractivity contribution is -0.0371. The zero-order chi connectivity index (χ0) is 13.4. The Morgan fingerprint density at radius 3 is 3.05 bits per heavy atom. The number of aromatic nitrogens is 3. The molecule has 3 heterocycles. The molecule has 3 rings (SSSR count). The average molecular weight is 371 g/mol. The summed E-state index contributed by atoms with van der Waals surface area (Å²) in [5, 5.41) is 5.24. The lowest BCUT2D eigenvalue weighted by Gasteiger charge is -2.22. The van der Waals surface area contributed by atoms with E-state index in [0.29, 0.717) is 5.69 Å². The number of ketones is 1. The molecule has 2 aromatic heterocycles. The van der Waals surface area contributed by atoms with Gasteiger partial charge in [-0.1, -0.05) is 0 Å². The van der Waals surface area contributed by atoms with E-state index in [4.69, 9.17) is 4.74 Å². The Balaban J connectivity index is 2.16. The first kappa shape index (κ1) is 13.0. The van der Waals surface area contributed by atoms with Crippen LogP contribution in [0, 0.1) is 3.57 Å². The first-order valence-corrected chi connectivity index (χ1v) is 7.41. The van der Waals surface area contributed by atoms with Crippen molar-refractivity contribution in [3.63, 3.8) is 0 Å². The van der Waals surface area contributed by atoms with Gasteiger partial charge in [0.2, 0.25) is 0 Å². The summed E-state index contributed by atoms with van der Waals surface area (Å²) in [6.45, 7) is 2.28. The van der Waals surface area contributed by atoms with Crippen LogP contribution in [0.25, 0.3) is 11.0 Å². The van der Waals surface area contributed by atoms with Crippen LogP contribution in [0.4, 0.5) is 0 Å². The molecule has 0 bridgehead atoms. The highest BCUT2D eigenvalue weighted by molar-refractivity contribution is 14.1. The molecule has 0 saturated carbocycles. The molecule has 0 radical (unpaired) electrons. The standard InChI is InChI=1S/C13H14IN3O2/c1-8(18)12-10-6-9(14)7-15-13(10)17(16-12)11-4-2-3-5-19-11/h6-7,11H,2-5H2,1H3. The fourth-order valence-corrected chi connectivity index (χ4v) is 2.83. The van der Waals surface area contributed by atoms with Crippen molar-refractivity contribution < 1.29 is 9.53 Å². The van der Waals surface area contributed by atoms with Crippen LogP contribution in [-0.4, -0.2) is 27.2 Å². The molecule has 5 nitrogen and oxygen atoms in total. The van der Waals surface area contributed by atoms with Crippen molar-refractivity contribution in [3.8, 4) is 0 Å². The fourth-order valence-electron chi connectivity index (χ4n) is 2.38. The molecule has 1 aliphatic heterocycles. The molecule has 0 amide bonds. The molecule has 19 heavy (non-hydrogen) atoms. The van der Waals surface area contributed by atoms with E-state index in [1.54, 1.807) is 10.9 Å². The summed E-state index contributed by atoms with van der Waals surface area (Å²) < 4.78 is 8.50. The molecule has 1 unspecified atom stereocenters. The van der Waals surface area contributed by atoms with Crippen molar-refractivity contribution >= 4 is 39.4 Å². The molecular weight excluding hydrogens is 357 g/mol. The molecule has 0 aliphatic carbocycles. The Morgan fingerprint density at radius 1 is 1.53 bits per heavy atom. The summed E-state index contributed by atoms with van der Waals surface area (Å²) in [6.07, 6.45) is 4.80. The van der Waals surface area contributed by atoms with Gasteiger partial charge in [-0.25, -0.2) is 9.67 Å². The Kier molecular flexibility index (Phi) is 3.53. The first-order valence-electron chi connectivity index (χ1n) is 6.33. The molecule has 0 aromatic carbocycles. The van der Waals surface area contributed by atoms with Crippen molar-refractivity contribution in [2.45, 2.75) is 32.4 Å². The molecule has 1 aliphatic rings. The maximum Gasteiger partial charge on any atom is 0.180 e. The normalized spacial score (nSPS) is 19.8. The van der Waals surface area contributed by atoms with Gasteiger partial charge in [0.05, 0.1) is 5.39 Å². The minimum Gasteiger partial charge on any atom is -0.356 e. The molecule has 1 saturated heterocycles. The molecule has 100 valence electrons. The summed E-state index contributed by atoms with van der Waals surface area (Å²) in [5.74, 6) is -0.0386. The number of hydrogen-bond donors (Lipinski definition) is 0. The summed E-state index contributed by atoms with van der Waals surface area (Å²) in [6, 6.07) is 1.95. The van der Waals surface area contributed by atoms with Crippen molar-refractivity contribution in [1.82, 2.24) is 14.8 Å². The summed E-state index contributed by atoms with van der Waals surface area (Å²) in [4.78, 5) is 16.1. The number of fused-ring (bicyclic) bond motifs is 1. The fraction of sp³-hybridized carbons (Fsp3) is 0.462. The van der Waals surface area contributed by atoms with E-state index >= 15 is 0 Å². The highest BCUT2D eigenvalue weighted by atomic mass is 127. The second kappa shape index (κ2) is 5.16. The second-order valence-corrected chi connectivity index (χ2v) is 5.94. The van der Waals surface area contributed by atoms with E-state index in [-0.39, 0.29) is 12.0 Å². The smallest absolute Gasteiger partial charge is 0.180 e. The van der Waals surface area contributed by atoms with E-state index in [0.717, 1.165) is 40.5 Å². The van der Waals surface area contributed by atoms with Crippen LogP contribution in [0.5, 0.6) is 0 Å². The van der Waals surface area contributed by atoms with Gasteiger partial charge in [0.25, 0.3) is 0 Å².